The third-order valence-electron chi connectivity index (χ3n) is 8.59. The summed E-state index contributed by atoms with van der Waals surface area (Å²) in [4.78, 5) is 36.3. The molecule has 3 aliphatic rings. The monoisotopic (exact) mass is 568 g/mol. The molecule has 0 saturated carbocycles. The third kappa shape index (κ3) is 3.84. The zero-order valence-electron chi connectivity index (χ0n) is 23.5. The standard InChI is InChI=1S/C38H24N4O2/c39-23-26-12-8-16-31(40-26)25-20-21-34-30(22-25)28-14-5-7-18-33(28)41(34)35-19-9-15-29-36(35)38(44)42(37(29)43)32-17-6-4-13-27(32)24-10-2-1-3-11-24/h1-22,28,33H. The van der Waals surface area contributed by atoms with Gasteiger partial charge in [-0.1, -0.05) is 91.0 Å². The number of imide groups is 1. The Morgan fingerprint density at radius 3 is 2.27 bits per heavy atom. The lowest BCUT2D eigenvalue weighted by Crippen LogP contribution is -2.32. The quantitative estimate of drug-likeness (QED) is 0.207. The van der Waals surface area contributed by atoms with E-state index in [-0.39, 0.29) is 23.8 Å². The average Bonchev–Trinajstić information content (AvgIpc) is 3.55. The summed E-state index contributed by atoms with van der Waals surface area (Å²) in [5, 5.41) is 9.37. The van der Waals surface area contributed by atoms with E-state index in [0.29, 0.717) is 28.2 Å². The lowest BCUT2D eigenvalue weighted by molar-refractivity contribution is 0.0926. The Labute approximate surface area is 254 Å². The molecule has 2 unspecified atom stereocenters. The number of fused-ring (bicyclic) bond motifs is 4. The van der Waals surface area contributed by atoms with Crippen LogP contribution in [0.1, 0.15) is 37.9 Å². The van der Waals surface area contributed by atoms with E-state index in [4.69, 9.17) is 0 Å². The molecular weight excluding hydrogens is 544 g/mol. The van der Waals surface area contributed by atoms with Gasteiger partial charge in [0, 0.05) is 22.7 Å². The Morgan fingerprint density at radius 1 is 0.659 bits per heavy atom. The molecule has 8 rings (SSSR count). The number of nitrogens with zero attached hydrogens (tertiary/aromatic N) is 4. The van der Waals surface area contributed by atoms with Gasteiger partial charge in [0.1, 0.15) is 11.8 Å². The van der Waals surface area contributed by atoms with E-state index in [2.05, 4.69) is 40.2 Å². The van der Waals surface area contributed by atoms with E-state index >= 15 is 0 Å². The van der Waals surface area contributed by atoms with Gasteiger partial charge in [-0.2, -0.15) is 5.26 Å². The molecule has 0 radical (unpaired) electrons. The van der Waals surface area contributed by atoms with Crippen molar-refractivity contribution in [2.45, 2.75) is 12.0 Å². The Kier molecular flexibility index (Phi) is 5.85. The molecule has 5 aromatic rings. The van der Waals surface area contributed by atoms with Crippen LogP contribution in [-0.2, 0) is 0 Å². The number of benzene rings is 4. The van der Waals surface area contributed by atoms with Gasteiger partial charge in [-0.25, -0.2) is 9.88 Å². The normalized spacial score (nSPS) is 17.8. The molecule has 0 fully saturated rings. The average molecular weight is 569 g/mol. The topological polar surface area (TPSA) is 77.3 Å². The van der Waals surface area contributed by atoms with Crippen LogP contribution in [0.4, 0.5) is 17.1 Å². The van der Waals surface area contributed by atoms with Crippen LogP contribution in [0.3, 0.4) is 0 Å². The molecule has 0 bridgehead atoms. The molecule has 208 valence electrons. The molecule has 1 aromatic heterocycles. The number of pyridine rings is 1. The lowest BCUT2D eigenvalue weighted by Gasteiger charge is -2.30. The summed E-state index contributed by atoms with van der Waals surface area (Å²) in [6.45, 7) is 0. The van der Waals surface area contributed by atoms with E-state index in [1.807, 2.05) is 97.1 Å². The second kappa shape index (κ2) is 10.0. The molecule has 0 N–H and O–H groups in total. The number of carbonyl (C=O) groups is 2. The zero-order chi connectivity index (χ0) is 29.8. The first-order chi connectivity index (χ1) is 21.6. The van der Waals surface area contributed by atoms with Gasteiger partial charge >= 0.3 is 0 Å². The fraction of sp³-hybridized carbons (Fsp3) is 0.0526. The molecule has 2 aliphatic heterocycles. The van der Waals surface area contributed by atoms with E-state index in [1.54, 1.807) is 12.1 Å². The van der Waals surface area contributed by atoms with E-state index < -0.39 is 0 Å². The van der Waals surface area contributed by atoms with Crippen LogP contribution in [0.2, 0.25) is 0 Å². The number of rotatable bonds is 4. The number of amides is 2. The molecule has 6 nitrogen and oxygen atoms in total. The van der Waals surface area contributed by atoms with Crippen molar-refractivity contribution < 1.29 is 9.59 Å². The lowest BCUT2D eigenvalue weighted by atomic mass is 9.90. The van der Waals surface area contributed by atoms with E-state index in [0.717, 1.165) is 33.6 Å². The molecule has 0 saturated heterocycles. The SMILES string of the molecule is N#Cc1cccc(-c2ccc3c(c2)C2C=CC=CC2N3c2cccc3c2C(=O)N(c2ccccc2-c2ccccc2)C3=O)n1. The summed E-state index contributed by atoms with van der Waals surface area (Å²) in [5.41, 5.74) is 7.88. The highest BCUT2D eigenvalue weighted by Crippen LogP contribution is 2.51. The van der Waals surface area contributed by atoms with Crippen molar-refractivity contribution in [2.75, 3.05) is 9.80 Å². The molecule has 44 heavy (non-hydrogen) atoms. The van der Waals surface area contributed by atoms with Crippen LogP contribution in [0, 0.1) is 11.3 Å². The van der Waals surface area contributed by atoms with Crippen molar-refractivity contribution in [1.29, 1.82) is 5.26 Å². The van der Waals surface area contributed by atoms with Gasteiger partial charge in [0.05, 0.1) is 34.2 Å². The van der Waals surface area contributed by atoms with Crippen LogP contribution in [0.25, 0.3) is 22.4 Å². The van der Waals surface area contributed by atoms with Gasteiger partial charge in [0.25, 0.3) is 11.8 Å². The van der Waals surface area contributed by atoms with Crippen molar-refractivity contribution in [1.82, 2.24) is 4.98 Å². The Bertz CT molecular complexity index is 2110. The summed E-state index contributed by atoms with van der Waals surface area (Å²) >= 11 is 0. The molecule has 4 aromatic carbocycles. The zero-order valence-corrected chi connectivity index (χ0v) is 23.5. The maximum absolute atomic E-state index is 14.4. The summed E-state index contributed by atoms with van der Waals surface area (Å²) in [6.07, 6.45) is 8.38. The number of allylic oxidation sites excluding steroid dienone is 2. The maximum atomic E-state index is 14.4. The first kappa shape index (κ1) is 25.6. The Balaban J connectivity index is 1.25. The predicted molar refractivity (Wildman–Crippen MR) is 171 cm³/mol. The van der Waals surface area contributed by atoms with Crippen LogP contribution >= 0.6 is 0 Å². The Morgan fingerprint density at radius 2 is 1.41 bits per heavy atom. The smallest absolute Gasteiger partial charge is 0.268 e. The number of nitriles is 1. The number of carbonyl (C=O) groups excluding carboxylic acids is 2. The number of hydrogen-bond acceptors (Lipinski definition) is 5. The number of aromatic nitrogens is 1. The number of anilines is 3. The fourth-order valence-corrected chi connectivity index (χ4v) is 6.66. The fourth-order valence-electron chi connectivity index (χ4n) is 6.66. The summed E-state index contributed by atoms with van der Waals surface area (Å²) in [6, 6.07) is 36.5. The van der Waals surface area contributed by atoms with Gasteiger partial charge < -0.3 is 4.90 Å². The third-order valence-corrected chi connectivity index (χ3v) is 8.59. The minimum Gasteiger partial charge on any atom is -0.333 e. The highest BCUT2D eigenvalue weighted by molar-refractivity contribution is 6.37. The van der Waals surface area contributed by atoms with Crippen LogP contribution in [-0.4, -0.2) is 22.8 Å². The second-order valence-corrected chi connectivity index (χ2v) is 11.0. The highest BCUT2D eigenvalue weighted by atomic mass is 16.2. The van der Waals surface area contributed by atoms with Gasteiger partial charge in [-0.3, -0.25) is 9.59 Å². The minimum absolute atomic E-state index is 0.0343. The first-order valence-electron chi connectivity index (χ1n) is 14.5. The largest absolute Gasteiger partial charge is 0.333 e. The second-order valence-electron chi connectivity index (χ2n) is 11.0. The molecule has 1 aliphatic carbocycles. The minimum atomic E-state index is -0.335. The molecule has 2 amide bonds. The van der Waals surface area contributed by atoms with Gasteiger partial charge in [0.15, 0.2) is 0 Å². The summed E-state index contributed by atoms with van der Waals surface area (Å²) in [5.74, 6) is -0.630. The van der Waals surface area contributed by atoms with Gasteiger partial charge in [-0.15, -0.1) is 0 Å². The van der Waals surface area contributed by atoms with Gasteiger partial charge in [-0.05, 0) is 53.6 Å². The molecular formula is C38H24N4O2. The first-order valence-corrected chi connectivity index (χ1v) is 14.5. The van der Waals surface area contributed by atoms with Crippen molar-refractivity contribution in [2.24, 2.45) is 0 Å². The molecule has 3 heterocycles. The predicted octanol–water partition coefficient (Wildman–Crippen LogP) is 7.82. The van der Waals surface area contributed by atoms with E-state index in [1.165, 1.54) is 4.90 Å². The summed E-state index contributed by atoms with van der Waals surface area (Å²) < 4.78 is 0. The van der Waals surface area contributed by atoms with Crippen LogP contribution in [0.5, 0.6) is 0 Å². The van der Waals surface area contributed by atoms with Crippen molar-refractivity contribution in [3.05, 3.63) is 156 Å². The molecule has 2 atom stereocenters. The molecule has 6 heteroatoms. The summed E-state index contributed by atoms with van der Waals surface area (Å²) in [7, 11) is 0. The Hall–Kier alpha value is -6.06. The maximum Gasteiger partial charge on any atom is 0.268 e. The number of hydrogen-bond donors (Lipinski definition) is 0. The van der Waals surface area contributed by atoms with Crippen molar-refractivity contribution in [3.8, 4) is 28.5 Å². The highest BCUT2D eigenvalue weighted by Gasteiger charge is 2.44. The molecule has 0 spiro atoms. The van der Waals surface area contributed by atoms with Crippen LogP contribution < -0.4 is 9.80 Å². The number of para-hydroxylation sites is 1. The van der Waals surface area contributed by atoms with E-state index in [9.17, 15) is 14.9 Å². The van der Waals surface area contributed by atoms with Crippen molar-refractivity contribution >= 4 is 28.9 Å². The van der Waals surface area contributed by atoms with Crippen LogP contribution in [0.15, 0.2) is 133 Å². The van der Waals surface area contributed by atoms with Crippen molar-refractivity contribution in [3.63, 3.8) is 0 Å². The van der Waals surface area contributed by atoms with Gasteiger partial charge in [0.2, 0.25) is 0 Å².